The van der Waals surface area contributed by atoms with Crippen molar-refractivity contribution in [1.82, 2.24) is 10.6 Å². The molecule has 0 bridgehead atoms. The molecule has 1 amide bonds. The van der Waals surface area contributed by atoms with Crippen molar-refractivity contribution in [3.8, 4) is 23.0 Å². The van der Waals surface area contributed by atoms with Crippen molar-refractivity contribution in [2.45, 2.75) is 57.3 Å². The summed E-state index contributed by atoms with van der Waals surface area (Å²) >= 11 is 0. The number of rotatable bonds is 16. The molecule has 10 nitrogen and oxygen atoms in total. The first-order chi connectivity index (χ1) is 22.5. The van der Waals surface area contributed by atoms with E-state index in [1.165, 1.54) is 35.4 Å². The minimum atomic E-state index is -0.775. The van der Waals surface area contributed by atoms with E-state index in [1.54, 1.807) is 24.3 Å². The monoisotopic (exact) mass is 645 g/mol. The predicted molar refractivity (Wildman–Crippen MR) is 182 cm³/mol. The molecular weight excluding hydrogens is 598 g/mol. The molecule has 0 heterocycles. The number of nitrogens with one attached hydrogen (secondary N) is 2. The zero-order valence-corrected chi connectivity index (χ0v) is 26.7. The molecule has 4 aromatic carbocycles. The molecule has 4 rings (SSSR count). The fraction of sp³-hybridized carbons (Fsp3) is 0.324. The summed E-state index contributed by atoms with van der Waals surface area (Å²) in [4.78, 5) is 11.2. The van der Waals surface area contributed by atoms with Crippen molar-refractivity contribution in [3.63, 3.8) is 0 Å². The number of phenols is 4. The predicted octanol–water partition coefficient (Wildman–Crippen LogP) is 4.58. The Bertz CT molecular complexity index is 1520. The molecule has 0 aliphatic rings. The summed E-state index contributed by atoms with van der Waals surface area (Å²) in [6.07, 6.45) is 3.38. The Morgan fingerprint density at radius 2 is 1.32 bits per heavy atom. The van der Waals surface area contributed by atoms with E-state index in [9.17, 15) is 35.4 Å². The summed E-state index contributed by atoms with van der Waals surface area (Å²) in [6.45, 7) is 3.61. The second kappa shape index (κ2) is 19.1. The van der Waals surface area contributed by atoms with Crippen LogP contribution in [0.2, 0.25) is 0 Å². The summed E-state index contributed by atoms with van der Waals surface area (Å²) in [6, 6.07) is 26.4. The third-order valence-corrected chi connectivity index (χ3v) is 7.77. The van der Waals surface area contributed by atoms with E-state index in [-0.39, 0.29) is 34.6 Å². The number of unbranched alkanes of at least 4 members (excludes halogenated alkanes) is 1. The summed E-state index contributed by atoms with van der Waals surface area (Å²) in [5.41, 5.74) is 8.82. The standard InChI is InChI=1S/C19H24N2O3.C18H23NO4/c1-13(7-8-14-5-3-2-4-6-14)21-12-18(23)15-9-10-17(22)16(11-15)19(20)24;20-15-7-4-13(5-8-15)3-1-2-10-19-12-18(23)14-6-9-16(21)17(22)11-14/h2-6,9-11,13,18,21-23H,7-8,12H2,1H3,(H2,20,24);4-9,11,18-23H,1-3,10,12H2/t;18-/m.0/s1. The first kappa shape index (κ1) is 36.9. The number of benzene rings is 4. The molecule has 252 valence electrons. The van der Waals surface area contributed by atoms with Gasteiger partial charge in [-0.3, -0.25) is 4.79 Å². The minimum absolute atomic E-state index is 0.0173. The Balaban J connectivity index is 0.000000256. The third kappa shape index (κ3) is 13.0. The molecule has 10 N–H and O–H groups in total. The van der Waals surface area contributed by atoms with Crippen LogP contribution in [0.25, 0.3) is 0 Å². The van der Waals surface area contributed by atoms with E-state index in [1.807, 2.05) is 30.3 Å². The van der Waals surface area contributed by atoms with Gasteiger partial charge in [-0.1, -0.05) is 54.6 Å². The molecule has 0 saturated carbocycles. The number of hydrogen-bond donors (Lipinski definition) is 9. The highest BCUT2D eigenvalue weighted by Crippen LogP contribution is 2.27. The zero-order valence-electron chi connectivity index (χ0n) is 26.7. The fourth-order valence-corrected chi connectivity index (χ4v) is 4.86. The average Bonchev–Trinajstić information content (AvgIpc) is 3.07. The molecule has 0 radical (unpaired) electrons. The molecule has 0 fully saturated rings. The van der Waals surface area contributed by atoms with Gasteiger partial charge in [0.15, 0.2) is 11.5 Å². The van der Waals surface area contributed by atoms with Crippen LogP contribution in [0, 0.1) is 0 Å². The smallest absolute Gasteiger partial charge is 0.252 e. The van der Waals surface area contributed by atoms with E-state index >= 15 is 0 Å². The number of aliphatic hydroxyl groups excluding tert-OH is 2. The number of phenolic OH excluding ortho intramolecular Hbond substituents is 3. The lowest BCUT2D eigenvalue weighted by Gasteiger charge is -2.18. The van der Waals surface area contributed by atoms with Crippen molar-refractivity contribution in [3.05, 3.63) is 119 Å². The molecular formula is C37H47N3O7. The molecule has 2 unspecified atom stereocenters. The maximum absolute atomic E-state index is 11.2. The quantitative estimate of drug-likeness (QED) is 0.0620. The van der Waals surface area contributed by atoms with Gasteiger partial charge < -0.3 is 47.0 Å². The summed E-state index contributed by atoms with van der Waals surface area (Å²) < 4.78 is 0. The van der Waals surface area contributed by atoms with E-state index in [4.69, 9.17) is 5.73 Å². The highest BCUT2D eigenvalue weighted by molar-refractivity contribution is 5.95. The highest BCUT2D eigenvalue weighted by Gasteiger charge is 2.14. The normalized spacial score (nSPS) is 12.8. The van der Waals surface area contributed by atoms with Crippen molar-refractivity contribution in [1.29, 1.82) is 0 Å². The lowest BCUT2D eigenvalue weighted by atomic mass is 10.0. The number of primary amides is 1. The van der Waals surface area contributed by atoms with Gasteiger partial charge in [0.25, 0.3) is 5.91 Å². The number of aromatic hydroxyl groups is 4. The maximum Gasteiger partial charge on any atom is 0.252 e. The largest absolute Gasteiger partial charge is 0.508 e. The fourth-order valence-electron chi connectivity index (χ4n) is 4.86. The Kier molecular flexibility index (Phi) is 15.0. The van der Waals surface area contributed by atoms with Gasteiger partial charge in [0.05, 0.1) is 17.8 Å². The van der Waals surface area contributed by atoms with Crippen LogP contribution in [-0.4, -0.2) is 62.2 Å². The van der Waals surface area contributed by atoms with Gasteiger partial charge >= 0.3 is 0 Å². The van der Waals surface area contributed by atoms with Gasteiger partial charge in [-0.15, -0.1) is 0 Å². The van der Waals surface area contributed by atoms with Gasteiger partial charge in [0.2, 0.25) is 0 Å². The molecule has 47 heavy (non-hydrogen) atoms. The van der Waals surface area contributed by atoms with Gasteiger partial charge in [0, 0.05) is 19.1 Å². The molecule has 0 aliphatic heterocycles. The summed E-state index contributed by atoms with van der Waals surface area (Å²) in [5.74, 6) is -1.03. The zero-order chi connectivity index (χ0) is 34.2. The van der Waals surface area contributed by atoms with Crippen LogP contribution in [-0.2, 0) is 12.8 Å². The van der Waals surface area contributed by atoms with Crippen LogP contribution in [0.3, 0.4) is 0 Å². The lowest BCUT2D eigenvalue weighted by Crippen LogP contribution is -2.31. The molecule has 0 aliphatic carbocycles. The van der Waals surface area contributed by atoms with Crippen molar-refractivity contribution in [2.75, 3.05) is 19.6 Å². The van der Waals surface area contributed by atoms with Crippen molar-refractivity contribution >= 4 is 5.91 Å². The molecule has 0 aromatic heterocycles. The lowest BCUT2D eigenvalue weighted by molar-refractivity contribution is 0.0997. The van der Waals surface area contributed by atoms with Gasteiger partial charge in [-0.2, -0.15) is 0 Å². The van der Waals surface area contributed by atoms with Crippen LogP contribution in [0.4, 0.5) is 0 Å². The van der Waals surface area contributed by atoms with Crippen LogP contribution in [0.5, 0.6) is 23.0 Å². The Morgan fingerprint density at radius 1 is 0.702 bits per heavy atom. The van der Waals surface area contributed by atoms with Crippen molar-refractivity contribution < 1.29 is 35.4 Å². The molecule has 4 aromatic rings. The van der Waals surface area contributed by atoms with Gasteiger partial charge in [0.1, 0.15) is 11.5 Å². The number of carbonyl (C=O) groups is 1. The molecule has 3 atom stereocenters. The Hall–Kier alpha value is -4.61. The molecule has 10 heteroatoms. The second-order valence-electron chi connectivity index (χ2n) is 11.6. The van der Waals surface area contributed by atoms with Gasteiger partial charge in [-0.05, 0) is 104 Å². The summed E-state index contributed by atoms with van der Waals surface area (Å²) in [5, 5.41) is 64.2. The topological polar surface area (TPSA) is 189 Å². The van der Waals surface area contributed by atoms with E-state index in [2.05, 4.69) is 29.7 Å². The Labute approximate surface area is 276 Å². The highest BCUT2D eigenvalue weighted by atomic mass is 16.3. The SMILES string of the molecule is CC(CCc1ccccc1)NCC(O)c1ccc(O)c(C(N)=O)c1.Oc1ccc(CCCCNC[C@H](O)c2ccc(O)c(O)c2)cc1. The van der Waals surface area contributed by atoms with E-state index in [0.717, 1.165) is 38.6 Å². The van der Waals surface area contributed by atoms with Crippen LogP contribution < -0.4 is 16.4 Å². The van der Waals surface area contributed by atoms with E-state index in [0.29, 0.717) is 24.2 Å². The number of hydrogen-bond acceptors (Lipinski definition) is 9. The number of nitrogens with two attached hydrogens (primary N) is 1. The first-order valence-corrected chi connectivity index (χ1v) is 15.8. The second-order valence-corrected chi connectivity index (χ2v) is 11.6. The summed E-state index contributed by atoms with van der Waals surface area (Å²) in [7, 11) is 0. The molecule has 0 spiro atoms. The molecule has 0 saturated heterocycles. The minimum Gasteiger partial charge on any atom is -0.508 e. The van der Waals surface area contributed by atoms with Crippen LogP contribution in [0.1, 0.15) is 71.0 Å². The average molecular weight is 646 g/mol. The first-order valence-electron chi connectivity index (χ1n) is 15.8. The van der Waals surface area contributed by atoms with Gasteiger partial charge in [-0.25, -0.2) is 0 Å². The number of carbonyl (C=O) groups excluding carboxylic acids is 1. The Morgan fingerprint density at radius 3 is 1.98 bits per heavy atom. The number of amides is 1. The van der Waals surface area contributed by atoms with E-state index < -0.39 is 18.1 Å². The van der Waals surface area contributed by atoms with Crippen LogP contribution >= 0.6 is 0 Å². The third-order valence-electron chi connectivity index (χ3n) is 7.77. The van der Waals surface area contributed by atoms with Crippen molar-refractivity contribution in [2.24, 2.45) is 5.73 Å². The van der Waals surface area contributed by atoms with Crippen LogP contribution in [0.15, 0.2) is 91.0 Å². The maximum atomic E-state index is 11.2. The number of aliphatic hydroxyl groups is 2. The number of aryl methyl sites for hydroxylation is 2.